The Balaban J connectivity index is 2.19. The molecule has 1 saturated heterocycles. The van der Waals surface area contributed by atoms with E-state index in [1.165, 1.54) is 12.0 Å². The Bertz CT molecular complexity index is 586. The molecule has 1 amide bonds. The van der Waals surface area contributed by atoms with E-state index in [0.29, 0.717) is 25.1 Å². The standard InChI is InChI=1S/C16H24N2O5/c1-15(2,3)12-8-11(17-23-12)13(19)18-7-5-6-16(9-18,10-22-4)14(20)21/h8H,5-7,9-10H2,1-4H3,(H,20,21). The summed E-state index contributed by atoms with van der Waals surface area (Å²) in [7, 11) is 1.47. The maximum Gasteiger partial charge on any atom is 0.313 e. The lowest BCUT2D eigenvalue weighted by molar-refractivity contribution is -0.155. The number of piperidine rings is 1. The van der Waals surface area contributed by atoms with Gasteiger partial charge in [0.15, 0.2) is 5.69 Å². The third kappa shape index (κ3) is 3.55. The first-order valence-electron chi connectivity index (χ1n) is 7.68. The summed E-state index contributed by atoms with van der Waals surface area (Å²) < 4.78 is 10.3. The molecule has 1 aromatic heterocycles. The van der Waals surface area contributed by atoms with Crippen molar-refractivity contribution < 1.29 is 24.0 Å². The summed E-state index contributed by atoms with van der Waals surface area (Å²) in [5.41, 5.74) is -1.08. The van der Waals surface area contributed by atoms with E-state index in [1.807, 2.05) is 20.8 Å². The number of ether oxygens (including phenoxy) is 1. The number of hydrogen-bond acceptors (Lipinski definition) is 5. The van der Waals surface area contributed by atoms with Crippen molar-refractivity contribution in [3.63, 3.8) is 0 Å². The number of aliphatic carboxylic acids is 1. The van der Waals surface area contributed by atoms with Crippen molar-refractivity contribution >= 4 is 11.9 Å². The van der Waals surface area contributed by atoms with Crippen LogP contribution in [0, 0.1) is 5.41 Å². The molecule has 1 N–H and O–H groups in total. The molecule has 1 aliphatic heterocycles. The fourth-order valence-electron chi connectivity index (χ4n) is 2.83. The average molecular weight is 324 g/mol. The van der Waals surface area contributed by atoms with E-state index >= 15 is 0 Å². The lowest BCUT2D eigenvalue weighted by Gasteiger charge is -2.39. The summed E-state index contributed by atoms with van der Waals surface area (Å²) in [6.45, 7) is 6.62. The molecule has 0 aliphatic carbocycles. The predicted octanol–water partition coefficient (Wildman–Crippen LogP) is 1.93. The highest BCUT2D eigenvalue weighted by atomic mass is 16.5. The Morgan fingerprint density at radius 1 is 1.48 bits per heavy atom. The van der Waals surface area contributed by atoms with Gasteiger partial charge in [0.25, 0.3) is 5.91 Å². The largest absolute Gasteiger partial charge is 0.481 e. The van der Waals surface area contributed by atoms with Crippen molar-refractivity contribution in [1.29, 1.82) is 0 Å². The highest BCUT2D eigenvalue weighted by molar-refractivity contribution is 5.93. The van der Waals surface area contributed by atoms with Gasteiger partial charge in [-0.25, -0.2) is 0 Å². The number of amides is 1. The number of likely N-dealkylation sites (tertiary alicyclic amines) is 1. The fraction of sp³-hybridized carbons (Fsp3) is 0.688. The first-order chi connectivity index (χ1) is 10.7. The lowest BCUT2D eigenvalue weighted by atomic mass is 9.80. The van der Waals surface area contributed by atoms with E-state index in [0.717, 1.165) is 0 Å². The molecule has 1 fully saturated rings. The van der Waals surface area contributed by atoms with Crippen LogP contribution in [-0.2, 0) is 14.9 Å². The maximum absolute atomic E-state index is 12.6. The quantitative estimate of drug-likeness (QED) is 0.909. The molecular formula is C16H24N2O5. The van der Waals surface area contributed by atoms with E-state index < -0.39 is 11.4 Å². The molecule has 0 spiro atoms. The number of nitrogens with zero attached hydrogens (tertiary/aromatic N) is 2. The summed E-state index contributed by atoms with van der Waals surface area (Å²) >= 11 is 0. The number of carbonyl (C=O) groups excluding carboxylic acids is 1. The topological polar surface area (TPSA) is 92.9 Å². The molecule has 0 bridgehead atoms. The molecule has 0 saturated carbocycles. The van der Waals surface area contributed by atoms with Crippen LogP contribution >= 0.6 is 0 Å². The van der Waals surface area contributed by atoms with E-state index in [2.05, 4.69) is 5.16 Å². The van der Waals surface area contributed by atoms with Gasteiger partial charge >= 0.3 is 5.97 Å². The minimum absolute atomic E-state index is 0.0815. The molecule has 0 aromatic carbocycles. The summed E-state index contributed by atoms with van der Waals surface area (Å²) in [5.74, 6) is -0.614. The maximum atomic E-state index is 12.6. The van der Waals surface area contributed by atoms with Gasteiger partial charge in [-0.15, -0.1) is 0 Å². The number of carbonyl (C=O) groups is 2. The molecule has 1 atom stereocenters. The molecule has 1 aliphatic rings. The van der Waals surface area contributed by atoms with Gasteiger partial charge in [-0.1, -0.05) is 25.9 Å². The van der Waals surface area contributed by atoms with Crippen molar-refractivity contribution in [2.24, 2.45) is 5.41 Å². The van der Waals surface area contributed by atoms with Crippen LogP contribution < -0.4 is 0 Å². The molecule has 1 aromatic rings. The Hall–Kier alpha value is -1.89. The van der Waals surface area contributed by atoms with Crippen molar-refractivity contribution in [2.75, 3.05) is 26.8 Å². The second-order valence-corrected chi connectivity index (χ2v) is 7.18. The highest BCUT2D eigenvalue weighted by Crippen LogP contribution is 2.32. The molecule has 0 radical (unpaired) electrons. The molecule has 7 nitrogen and oxygen atoms in total. The van der Waals surface area contributed by atoms with Crippen LogP contribution in [0.5, 0.6) is 0 Å². The van der Waals surface area contributed by atoms with Crippen molar-refractivity contribution in [3.8, 4) is 0 Å². The van der Waals surface area contributed by atoms with Crippen LogP contribution in [-0.4, -0.2) is 53.8 Å². The summed E-state index contributed by atoms with van der Waals surface area (Å²) in [5, 5.41) is 13.4. The first-order valence-corrected chi connectivity index (χ1v) is 7.68. The van der Waals surface area contributed by atoms with Crippen LogP contribution in [0.15, 0.2) is 10.6 Å². The third-order valence-electron chi connectivity index (χ3n) is 4.21. The Labute approximate surface area is 135 Å². The molecule has 2 rings (SSSR count). The van der Waals surface area contributed by atoms with Crippen molar-refractivity contribution in [1.82, 2.24) is 10.1 Å². The van der Waals surface area contributed by atoms with Gasteiger partial charge in [0.1, 0.15) is 11.2 Å². The van der Waals surface area contributed by atoms with Gasteiger partial charge in [0.2, 0.25) is 0 Å². The zero-order valence-corrected chi connectivity index (χ0v) is 14.1. The second kappa shape index (κ2) is 6.31. The van der Waals surface area contributed by atoms with E-state index in [4.69, 9.17) is 9.26 Å². The van der Waals surface area contributed by atoms with Gasteiger partial charge in [-0.05, 0) is 12.8 Å². The van der Waals surface area contributed by atoms with Gasteiger partial charge in [-0.2, -0.15) is 0 Å². The number of hydrogen-bond donors (Lipinski definition) is 1. The molecular weight excluding hydrogens is 300 g/mol. The zero-order chi connectivity index (χ0) is 17.3. The Kier molecular flexibility index (Phi) is 4.79. The van der Waals surface area contributed by atoms with E-state index in [1.54, 1.807) is 6.07 Å². The van der Waals surface area contributed by atoms with E-state index in [-0.39, 0.29) is 30.2 Å². The lowest BCUT2D eigenvalue weighted by Crippen LogP contribution is -2.52. The normalized spacial score (nSPS) is 22.2. The van der Waals surface area contributed by atoms with Crippen LogP contribution in [0.3, 0.4) is 0 Å². The number of rotatable bonds is 4. The van der Waals surface area contributed by atoms with Crippen LogP contribution in [0.4, 0.5) is 0 Å². The van der Waals surface area contributed by atoms with Gasteiger partial charge in [0.05, 0.1) is 6.61 Å². The molecule has 128 valence electrons. The molecule has 2 heterocycles. The molecule has 23 heavy (non-hydrogen) atoms. The summed E-state index contributed by atoms with van der Waals surface area (Å²) in [6.07, 6.45) is 1.11. The Morgan fingerprint density at radius 2 is 2.17 bits per heavy atom. The van der Waals surface area contributed by atoms with Gasteiger partial charge in [0, 0.05) is 31.7 Å². The van der Waals surface area contributed by atoms with Crippen LogP contribution in [0.2, 0.25) is 0 Å². The summed E-state index contributed by atoms with van der Waals surface area (Å²) in [4.78, 5) is 25.8. The number of methoxy groups -OCH3 is 1. The number of carboxylic acid groups (broad SMARTS) is 1. The smallest absolute Gasteiger partial charge is 0.313 e. The van der Waals surface area contributed by atoms with E-state index in [9.17, 15) is 14.7 Å². The van der Waals surface area contributed by atoms with Crippen LogP contribution in [0.1, 0.15) is 49.9 Å². The molecule has 7 heteroatoms. The minimum atomic E-state index is -1.06. The highest BCUT2D eigenvalue weighted by Gasteiger charge is 2.44. The van der Waals surface area contributed by atoms with Gasteiger partial charge < -0.3 is 19.3 Å². The minimum Gasteiger partial charge on any atom is -0.481 e. The average Bonchev–Trinajstić information content (AvgIpc) is 2.96. The number of aromatic nitrogens is 1. The second-order valence-electron chi connectivity index (χ2n) is 7.18. The molecule has 1 unspecified atom stereocenters. The first kappa shape index (κ1) is 17.5. The number of carboxylic acids is 1. The zero-order valence-electron chi connectivity index (χ0n) is 14.1. The monoisotopic (exact) mass is 324 g/mol. The SMILES string of the molecule is COCC1(C(=O)O)CCCN(C(=O)c2cc(C(C)(C)C)on2)C1. The van der Waals surface area contributed by atoms with Crippen molar-refractivity contribution in [2.45, 2.75) is 39.0 Å². The van der Waals surface area contributed by atoms with Crippen LogP contribution in [0.25, 0.3) is 0 Å². The van der Waals surface area contributed by atoms with Crippen molar-refractivity contribution in [3.05, 3.63) is 17.5 Å². The fourth-order valence-corrected chi connectivity index (χ4v) is 2.83. The third-order valence-corrected chi connectivity index (χ3v) is 4.21. The summed E-state index contributed by atoms with van der Waals surface area (Å²) in [6, 6.07) is 1.63. The van der Waals surface area contributed by atoms with Gasteiger partial charge in [-0.3, -0.25) is 9.59 Å². The Morgan fingerprint density at radius 3 is 2.70 bits per heavy atom. The predicted molar refractivity (Wildman–Crippen MR) is 82.3 cm³/mol.